The predicted molar refractivity (Wildman–Crippen MR) is 93.1 cm³/mol. The average Bonchev–Trinajstić information content (AvgIpc) is 2.60. The molecule has 1 aromatic heterocycles. The summed E-state index contributed by atoms with van der Waals surface area (Å²) in [6.45, 7) is 0. The molecule has 0 saturated heterocycles. The fourth-order valence-electron chi connectivity index (χ4n) is 3.02. The predicted octanol–water partition coefficient (Wildman–Crippen LogP) is 5.17. The van der Waals surface area contributed by atoms with Crippen molar-refractivity contribution in [2.45, 2.75) is 12.8 Å². The van der Waals surface area contributed by atoms with Crippen molar-refractivity contribution in [1.29, 1.82) is 0 Å². The Morgan fingerprint density at radius 1 is 0.591 bits per heavy atom. The van der Waals surface area contributed by atoms with E-state index >= 15 is 0 Å². The first-order valence-electron chi connectivity index (χ1n) is 7.71. The molecule has 0 fully saturated rings. The largest absolute Gasteiger partial charge is 0.253 e. The molecule has 0 spiro atoms. The van der Waals surface area contributed by atoms with Gasteiger partial charge in [0.15, 0.2) is 0 Å². The third-order valence-electron chi connectivity index (χ3n) is 4.19. The van der Waals surface area contributed by atoms with E-state index in [-0.39, 0.29) is 0 Å². The van der Waals surface area contributed by atoms with E-state index in [0.29, 0.717) is 0 Å². The van der Waals surface area contributed by atoms with Crippen LogP contribution in [0.5, 0.6) is 0 Å². The van der Waals surface area contributed by atoms with Gasteiger partial charge in [-0.25, -0.2) is 0 Å². The second-order valence-corrected chi connectivity index (χ2v) is 5.63. The molecule has 0 aliphatic carbocycles. The Morgan fingerprint density at radius 2 is 1.36 bits per heavy atom. The summed E-state index contributed by atoms with van der Waals surface area (Å²) < 4.78 is 0. The molecule has 0 unspecified atom stereocenters. The van der Waals surface area contributed by atoms with Gasteiger partial charge in [0.25, 0.3) is 0 Å². The summed E-state index contributed by atoms with van der Waals surface area (Å²) in [7, 11) is 0. The Kier molecular flexibility index (Phi) is 3.32. The molecule has 0 saturated carbocycles. The molecule has 0 bridgehead atoms. The van der Waals surface area contributed by atoms with Crippen molar-refractivity contribution in [1.82, 2.24) is 4.98 Å². The van der Waals surface area contributed by atoms with Gasteiger partial charge in [0.2, 0.25) is 0 Å². The first kappa shape index (κ1) is 13.0. The topological polar surface area (TPSA) is 12.9 Å². The summed E-state index contributed by atoms with van der Waals surface area (Å²) in [5, 5.41) is 3.87. The normalized spacial score (nSPS) is 11.1. The van der Waals surface area contributed by atoms with Crippen molar-refractivity contribution in [3.63, 3.8) is 0 Å². The van der Waals surface area contributed by atoms with Gasteiger partial charge in [0.1, 0.15) is 0 Å². The lowest BCUT2D eigenvalue weighted by molar-refractivity contribution is 0.929. The highest BCUT2D eigenvalue weighted by Crippen LogP contribution is 2.20. The summed E-state index contributed by atoms with van der Waals surface area (Å²) >= 11 is 0. The molecule has 1 nitrogen and oxygen atoms in total. The van der Waals surface area contributed by atoms with Crippen molar-refractivity contribution >= 4 is 21.7 Å². The number of hydrogen-bond donors (Lipinski definition) is 0. The molecule has 1 heterocycles. The van der Waals surface area contributed by atoms with Crippen molar-refractivity contribution in [2.24, 2.45) is 0 Å². The molecule has 1 heteroatoms. The highest BCUT2D eigenvalue weighted by atomic mass is 14.7. The van der Waals surface area contributed by atoms with Crippen LogP contribution in [0.3, 0.4) is 0 Å². The second kappa shape index (κ2) is 5.61. The molecule has 0 atom stereocenters. The zero-order chi connectivity index (χ0) is 14.8. The van der Waals surface area contributed by atoms with Gasteiger partial charge < -0.3 is 0 Å². The average molecular weight is 283 g/mol. The minimum absolute atomic E-state index is 0.971. The Bertz CT molecular complexity index is 935. The van der Waals surface area contributed by atoms with Crippen molar-refractivity contribution in [2.75, 3.05) is 0 Å². The smallest absolute Gasteiger partial charge is 0.0705 e. The number of para-hydroxylation sites is 1. The zero-order valence-corrected chi connectivity index (χ0v) is 12.4. The van der Waals surface area contributed by atoms with E-state index in [1.807, 2.05) is 6.07 Å². The zero-order valence-electron chi connectivity index (χ0n) is 12.4. The maximum absolute atomic E-state index is 4.77. The Labute approximate surface area is 130 Å². The third kappa shape index (κ3) is 2.46. The third-order valence-corrected chi connectivity index (χ3v) is 4.19. The molecule has 0 N–H and O–H groups in total. The number of aryl methyl sites for hydroxylation is 2. The van der Waals surface area contributed by atoms with Gasteiger partial charge in [0, 0.05) is 11.1 Å². The van der Waals surface area contributed by atoms with Gasteiger partial charge in [-0.15, -0.1) is 0 Å². The number of rotatable bonds is 3. The van der Waals surface area contributed by atoms with Gasteiger partial charge in [-0.2, -0.15) is 0 Å². The summed E-state index contributed by atoms with van der Waals surface area (Å²) in [5.74, 6) is 0. The molecule has 22 heavy (non-hydrogen) atoms. The van der Waals surface area contributed by atoms with Crippen LogP contribution in [0.25, 0.3) is 21.7 Å². The van der Waals surface area contributed by atoms with Crippen LogP contribution >= 0.6 is 0 Å². The number of benzene rings is 3. The first-order chi connectivity index (χ1) is 10.9. The molecule has 0 amide bonds. The molecule has 0 aliphatic rings. The highest BCUT2D eigenvalue weighted by Gasteiger charge is 2.03. The maximum Gasteiger partial charge on any atom is 0.0705 e. The second-order valence-electron chi connectivity index (χ2n) is 5.63. The number of fused-ring (bicyclic) bond motifs is 2. The number of nitrogens with zero attached hydrogens (tertiary/aromatic N) is 1. The standard InChI is InChI=1S/C21H17N/c1-3-10-20-16(6-1)8-5-9-17(20)12-14-19-15-13-18-7-2-4-11-21(18)22-19/h1-11,13,15H,12,14H2. The SMILES string of the molecule is c1ccc2nc(CCc3cccc4ccccc34)ccc2c1. The summed E-state index contributed by atoms with van der Waals surface area (Å²) in [6.07, 6.45) is 1.99. The Hall–Kier alpha value is -2.67. The van der Waals surface area contributed by atoms with Crippen LogP contribution in [0.4, 0.5) is 0 Å². The quantitative estimate of drug-likeness (QED) is 0.505. The summed E-state index contributed by atoms with van der Waals surface area (Å²) in [5.41, 5.74) is 3.64. The van der Waals surface area contributed by atoms with Crippen molar-refractivity contribution < 1.29 is 0 Å². The lowest BCUT2D eigenvalue weighted by Gasteiger charge is -2.07. The fraction of sp³-hybridized carbons (Fsp3) is 0.0952. The minimum atomic E-state index is 0.971. The van der Waals surface area contributed by atoms with E-state index < -0.39 is 0 Å². The van der Waals surface area contributed by atoms with E-state index in [2.05, 4.69) is 72.8 Å². The van der Waals surface area contributed by atoms with E-state index in [0.717, 1.165) is 24.1 Å². The van der Waals surface area contributed by atoms with E-state index in [9.17, 15) is 0 Å². The molecule has 0 aliphatic heterocycles. The Morgan fingerprint density at radius 3 is 2.32 bits per heavy atom. The Balaban J connectivity index is 1.63. The van der Waals surface area contributed by atoms with E-state index in [1.54, 1.807) is 0 Å². The van der Waals surface area contributed by atoms with E-state index in [1.165, 1.54) is 21.7 Å². The summed E-state index contributed by atoms with van der Waals surface area (Å²) in [4.78, 5) is 4.77. The highest BCUT2D eigenvalue weighted by molar-refractivity contribution is 5.85. The monoisotopic (exact) mass is 283 g/mol. The van der Waals surface area contributed by atoms with Crippen LogP contribution in [0.2, 0.25) is 0 Å². The molecule has 106 valence electrons. The fourth-order valence-corrected chi connectivity index (χ4v) is 3.02. The van der Waals surface area contributed by atoms with Crippen LogP contribution in [-0.2, 0) is 12.8 Å². The van der Waals surface area contributed by atoms with Gasteiger partial charge in [-0.1, -0.05) is 66.7 Å². The minimum Gasteiger partial charge on any atom is -0.253 e. The molecule has 4 rings (SSSR count). The molecule has 0 radical (unpaired) electrons. The van der Waals surface area contributed by atoms with Gasteiger partial charge >= 0.3 is 0 Å². The van der Waals surface area contributed by atoms with Gasteiger partial charge in [-0.3, -0.25) is 4.98 Å². The van der Waals surface area contributed by atoms with Gasteiger partial charge in [-0.05, 0) is 41.3 Å². The maximum atomic E-state index is 4.77. The molecule has 3 aromatic carbocycles. The van der Waals surface area contributed by atoms with Crippen LogP contribution in [-0.4, -0.2) is 4.98 Å². The van der Waals surface area contributed by atoms with Crippen molar-refractivity contribution in [3.05, 3.63) is 90.1 Å². The molecular weight excluding hydrogens is 266 g/mol. The van der Waals surface area contributed by atoms with Crippen LogP contribution in [0, 0.1) is 0 Å². The summed E-state index contributed by atoms with van der Waals surface area (Å²) in [6, 6.07) is 27.7. The number of hydrogen-bond acceptors (Lipinski definition) is 1. The lowest BCUT2D eigenvalue weighted by atomic mass is 10.00. The van der Waals surface area contributed by atoms with Gasteiger partial charge in [0.05, 0.1) is 5.52 Å². The van der Waals surface area contributed by atoms with E-state index in [4.69, 9.17) is 4.98 Å². The van der Waals surface area contributed by atoms with Crippen LogP contribution < -0.4 is 0 Å². The molecular formula is C21H17N. The van der Waals surface area contributed by atoms with Crippen molar-refractivity contribution in [3.8, 4) is 0 Å². The van der Waals surface area contributed by atoms with Crippen LogP contribution in [0.15, 0.2) is 78.9 Å². The first-order valence-corrected chi connectivity index (χ1v) is 7.71. The number of aromatic nitrogens is 1. The molecule has 4 aromatic rings. The number of pyridine rings is 1. The lowest BCUT2D eigenvalue weighted by Crippen LogP contribution is -1.95. The van der Waals surface area contributed by atoms with Crippen LogP contribution in [0.1, 0.15) is 11.3 Å².